The number of piperazine rings is 1. The Bertz CT molecular complexity index is 1620. The fraction of sp³-hybridized carbons (Fsp3) is 0.545. The number of nitrogens with one attached hydrogen (secondary N) is 1. The second kappa shape index (κ2) is 12.3. The molecule has 3 N–H and O–H groups in total. The first-order valence-electron chi connectivity index (χ1n) is 15.4. The largest absolute Gasteiger partial charge is 0.493 e. The normalized spacial score (nSPS) is 25.0. The van der Waals surface area contributed by atoms with Gasteiger partial charge in [-0.25, -0.2) is 0 Å². The maximum atomic E-state index is 12.9. The number of carbonyl (C=O) groups is 2. The van der Waals surface area contributed by atoms with Gasteiger partial charge in [0.05, 0.1) is 31.3 Å². The molecule has 6 atom stereocenters. The highest BCUT2D eigenvalue weighted by atomic mass is 16.7. The molecular formula is C33H41N5O8. The number of ether oxygens (including phenoxy) is 6. The van der Waals surface area contributed by atoms with Gasteiger partial charge < -0.3 is 39.5 Å². The molecule has 2 bridgehead atoms. The fourth-order valence-electron chi connectivity index (χ4n) is 7.91. The van der Waals surface area contributed by atoms with E-state index in [2.05, 4.69) is 27.3 Å². The number of carbonyl (C=O) groups excluding carboxylic acids is 2. The van der Waals surface area contributed by atoms with Crippen LogP contribution >= 0.6 is 0 Å². The molecule has 0 aliphatic carbocycles. The van der Waals surface area contributed by atoms with Crippen LogP contribution in [0.15, 0.2) is 6.07 Å². The zero-order valence-corrected chi connectivity index (χ0v) is 27.3. The third kappa shape index (κ3) is 4.91. The SMILES string of the molecule is COCOc1c(OC)c(C)cc2c1[C@@H]1C3Cc4c(OC(C)=O)c(C)c5c(c4[C@H](CNC(=O)[C@H](C)N)N3[C@@H](C#N)[C@H](C2)N1C)OCO5. The minimum Gasteiger partial charge on any atom is -0.493 e. The smallest absolute Gasteiger partial charge is 0.308 e. The van der Waals surface area contributed by atoms with Gasteiger partial charge >= 0.3 is 5.97 Å². The van der Waals surface area contributed by atoms with Gasteiger partial charge in [-0.1, -0.05) is 6.07 Å². The summed E-state index contributed by atoms with van der Waals surface area (Å²) in [6.07, 6.45) is 1.00. The minimum atomic E-state index is -0.736. The molecule has 2 aromatic carbocycles. The van der Waals surface area contributed by atoms with Gasteiger partial charge in [0.2, 0.25) is 12.7 Å². The van der Waals surface area contributed by atoms with Crippen molar-refractivity contribution in [3.63, 3.8) is 0 Å². The molecule has 4 heterocycles. The standard InChI is InChI=1S/C33H41N5O8/c1-15-8-19-9-21-23(11-34)38-22(27(37(21)5)25(19)31(28(15)42-7)43-13-41-6)10-20-26(24(38)12-36-33(40)17(3)35)32-30(44-14-45-32)16(2)29(20)46-18(4)39/h8,17,21-24,27H,9-10,12-14,35H2,1-7H3,(H,36,40)/t17-,21-,22?,23-,24-,27-/m0/s1. The molecule has 4 aliphatic heterocycles. The van der Waals surface area contributed by atoms with Gasteiger partial charge in [-0.2, -0.15) is 5.26 Å². The molecule has 13 nitrogen and oxygen atoms in total. The number of benzene rings is 2. The minimum absolute atomic E-state index is 0.00311. The summed E-state index contributed by atoms with van der Waals surface area (Å²) in [5, 5.41) is 13.8. The predicted octanol–water partition coefficient (Wildman–Crippen LogP) is 2.18. The molecule has 0 spiro atoms. The molecule has 0 radical (unpaired) electrons. The summed E-state index contributed by atoms with van der Waals surface area (Å²) in [5.74, 6) is 1.84. The number of esters is 1. The van der Waals surface area contributed by atoms with Crippen LogP contribution in [0.2, 0.25) is 0 Å². The van der Waals surface area contributed by atoms with E-state index in [4.69, 9.17) is 34.2 Å². The van der Waals surface area contributed by atoms with E-state index in [-0.39, 0.29) is 44.2 Å². The van der Waals surface area contributed by atoms with E-state index in [1.54, 1.807) is 21.1 Å². The molecule has 4 aliphatic rings. The van der Waals surface area contributed by atoms with Crippen LogP contribution < -0.4 is 34.7 Å². The Morgan fingerprint density at radius 3 is 2.52 bits per heavy atom. The zero-order chi connectivity index (χ0) is 33.0. The van der Waals surface area contributed by atoms with E-state index in [1.165, 1.54) is 6.92 Å². The van der Waals surface area contributed by atoms with Crippen molar-refractivity contribution in [2.45, 2.75) is 76.8 Å². The maximum absolute atomic E-state index is 12.9. The number of nitrogens with two attached hydrogens (primary N) is 1. The summed E-state index contributed by atoms with van der Waals surface area (Å²) in [4.78, 5) is 29.8. The number of fused-ring (bicyclic) bond motifs is 9. The number of hydrogen-bond acceptors (Lipinski definition) is 12. The number of amides is 1. The van der Waals surface area contributed by atoms with Crippen LogP contribution in [0.3, 0.4) is 0 Å². The lowest BCUT2D eigenvalue weighted by Crippen LogP contribution is -2.69. The lowest BCUT2D eigenvalue weighted by atomic mass is 9.71. The number of rotatable bonds is 8. The van der Waals surface area contributed by atoms with Gasteiger partial charge in [0, 0.05) is 54.9 Å². The number of aryl methyl sites for hydroxylation is 1. The van der Waals surface area contributed by atoms with Crippen molar-refractivity contribution < 1.29 is 38.0 Å². The molecule has 1 amide bonds. The highest BCUT2D eigenvalue weighted by Crippen LogP contribution is 2.58. The molecule has 1 unspecified atom stereocenters. The van der Waals surface area contributed by atoms with Crippen molar-refractivity contribution in [1.82, 2.24) is 15.1 Å². The van der Waals surface area contributed by atoms with Gasteiger partial charge in [-0.15, -0.1) is 0 Å². The number of likely N-dealkylation sites (N-methyl/N-ethyl adjacent to an activating group) is 1. The Hall–Kier alpha value is -4.09. The molecule has 0 saturated carbocycles. The van der Waals surface area contributed by atoms with Gasteiger partial charge in [-0.3, -0.25) is 19.4 Å². The average molecular weight is 636 g/mol. The Morgan fingerprint density at radius 2 is 1.87 bits per heavy atom. The summed E-state index contributed by atoms with van der Waals surface area (Å²) in [7, 11) is 5.22. The van der Waals surface area contributed by atoms with Gasteiger partial charge in [0.25, 0.3) is 0 Å². The first-order chi connectivity index (χ1) is 22.0. The first kappa shape index (κ1) is 31.9. The number of nitriles is 1. The van der Waals surface area contributed by atoms with Crippen molar-refractivity contribution in [2.75, 3.05) is 41.4 Å². The molecule has 246 valence electrons. The molecular weight excluding hydrogens is 594 g/mol. The summed E-state index contributed by atoms with van der Waals surface area (Å²) in [6.45, 7) is 6.96. The Kier molecular flexibility index (Phi) is 8.49. The summed E-state index contributed by atoms with van der Waals surface area (Å²) in [6, 6.07) is 2.13. The molecule has 46 heavy (non-hydrogen) atoms. The van der Waals surface area contributed by atoms with Crippen molar-refractivity contribution in [3.8, 4) is 34.8 Å². The van der Waals surface area contributed by atoms with Crippen LogP contribution in [0.1, 0.15) is 59.3 Å². The first-order valence-corrected chi connectivity index (χ1v) is 15.4. The average Bonchev–Trinajstić information content (AvgIpc) is 3.51. The number of nitrogens with zero attached hydrogens (tertiary/aromatic N) is 3. The molecule has 1 fully saturated rings. The highest BCUT2D eigenvalue weighted by Gasteiger charge is 2.57. The van der Waals surface area contributed by atoms with Crippen LogP contribution in [0.4, 0.5) is 0 Å². The monoisotopic (exact) mass is 635 g/mol. The summed E-state index contributed by atoms with van der Waals surface area (Å²) >= 11 is 0. The fourth-order valence-corrected chi connectivity index (χ4v) is 7.91. The van der Waals surface area contributed by atoms with Crippen LogP contribution in [-0.4, -0.2) is 87.2 Å². The lowest BCUT2D eigenvalue weighted by Gasteiger charge is -2.60. The second-order valence-corrected chi connectivity index (χ2v) is 12.4. The van der Waals surface area contributed by atoms with Crippen LogP contribution in [0, 0.1) is 25.2 Å². The third-order valence-electron chi connectivity index (χ3n) is 9.70. The zero-order valence-electron chi connectivity index (χ0n) is 27.3. The quantitative estimate of drug-likeness (QED) is 0.248. The van der Waals surface area contributed by atoms with Gasteiger partial charge in [0.15, 0.2) is 29.8 Å². The van der Waals surface area contributed by atoms with Crippen LogP contribution in [0.5, 0.6) is 28.7 Å². The predicted molar refractivity (Wildman–Crippen MR) is 165 cm³/mol. The van der Waals surface area contributed by atoms with E-state index in [9.17, 15) is 14.9 Å². The Morgan fingerprint density at radius 1 is 1.13 bits per heavy atom. The van der Waals surface area contributed by atoms with Crippen molar-refractivity contribution in [3.05, 3.63) is 39.4 Å². The van der Waals surface area contributed by atoms with Crippen LogP contribution in [-0.2, 0) is 27.2 Å². The summed E-state index contributed by atoms with van der Waals surface area (Å²) in [5.41, 5.74) is 11.0. The third-order valence-corrected chi connectivity index (χ3v) is 9.70. The van der Waals surface area contributed by atoms with E-state index in [0.717, 1.165) is 27.8 Å². The topological polar surface area (TPSA) is 158 Å². The molecule has 13 heteroatoms. The lowest BCUT2D eigenvalue weighted by molar-refractivity contribution is -0.132. The maximum Gasteiger partial charge on any atom is 0.308 e. The Labute approximate surface area is 268 Å². The van der Waals surface area contributed by atoms with E-state index < -0.39 is 24.1 Å². The van der Waals surface area contributed by atoms with E-state index in [1.807, 2.05) is 20.9 Å². The van der Waals surface area contributed by atoms with Crippen molar-refractivity contribution in [2.24, 2.45) is 5.73 Å². The Balaban J connectivity index is 1.61. The molecule has 1 saturated heterocycles. The van der Waals surface area contributed by atoms with E-state index >= 15 is 0 Å². The number of methoxy groups -OCH3 is 2. The molecule has 2 aromatic rings. The van der Waals surface area contributed by atoms with Gasteiger partial charge in [-0.05, 0) is 51.8 Å². The van der Waals surface area contributed by atoms with E-state index in [0.29, 0.717) is 47.2 Å². The second-order valence-electron chi connectivity index (χ2n) is 12.4. The van der Waals surface area contributed by atoms with Gasteiger partial charge in [0.1, 0.15) is 11.8 Å². The van der Waals surface area contributed by atoms with Crippen molar-refractivity contribution in [1.29, 1.82) is 5.26 Å². The molecule has 0 aromatic heterocycles. The summed E-state index contributed by atoms with van der Waals surface area (Å²) < 4.78 is 35.3. The molecule has 6 rings (SSSR count). The van der Waals surface area contributed by atoms with Crippen molar-refractivity contribution >= 4 is 11.9 Å². The highest BCUT2D eigenvalue weighted by molar-refractivity contribution is 5.81. The number of hydrogen-bond donors (Lipinski definition) is 2. The van der Waals surface area contributed by atoms with Crippen LogP contribution in [0.25, 0.3) is 0 Å².